The number of benzene rings is 1. The summed E-state index contributed by atoms with van der Waals surface area (Å²) < 4.78 is 7.25. The lowest BCUT2D eigenvalue weighted by atomic mass is 10.0. The molecule has 1 atom stereocenters. The van der Waals surface area contributed by atoms with Gasteiger partial charge in [-0.05, 0) is 42.7 Å². The second kappa shape index (κ2) is 6.69. The molecule has 5 nitrogen and oxygen atoms in total. The van der Waals surface area contributed by atoms with Crippen molar-refractivity contribution in [1.29, 1.82) is 0 Å². The van der Waals surface area contributed by atoms with E-state index in [2.05, 4.69) is 0 Å². The second-order valence-electron chi connectivity index (χ2n) is 6.00. The molecule has 0 fully saturated rings. The van der Waals surface area contributed by atoms with E-state index in [4.69, 9.17) is 16.3 Å². The normalized spacial score (nSPS) is 14.9. The van der Waals surface area contributed by atoms with Gasteiger partial charge in [0.1, 0.15) is 5.75 Å². The third kappa shape index (κ3) is 3.46. The summed E-state index contributed by atoms with van der Waals surface area (Å²) in [6.45, 7) is 2.81. The molecule has 1 aromatic carbocycles. The number of carbonyl (C=O) groups excluding carboxylic acids is 1. The van der Waals surface area contributed by atoms with Crippen LogP contribution >= 0.6 is 11.6 Å². The Morgan fingerprint density at radius 1 is 1.29 bits per heavy atom. The van der Waals surface area contributed by atoms with Crippen molar-refractivity contribution in [3.05, 3.63) is 63.0 Å². The van der Waals surface area contributed by atoms with Crippen LogP contribution in [0.5, 0.6) is 5.75 Å². The Bertz CT molecular complexity index is 831. The largest absolute Gasteiger partial charge is 0.481 e. The third-order valence-corrected chi connectivity index (χ3v) is 4.42. The number of aryl methyl sites for hydroxylation is 1. The van der Waals surface area contributed by atoms with Gasteiger partial charge in [0, 0.05) is 37.4 Å². The van der Waals surface area contributed by atoms with Crippen LogP contribution in [0.3, 0.4) is 0 Å². The fourth-order valence-corrected chi connectivity index (χ4v) is 3.06. The summed E-state index contributed by atoms with van der Waals surface area (Å²) in [7, 11) is 1.72. The van der Waals surface area contributed by atoms with Crippen LogP contribution in [-0.2, 0) is 24.8 Å². The van der Waals surface area contributed by atoms with E-state index in [1.807, 2.05) is 0 Å². The Morgan fingerprint density at radius 2 is 2.08 bits per heavy atom. The predicted octanol–water partition coefficient (Wildman–Crippen LogP) is 2.39. The van der Waals surface area contributed by atoms with E-state index in [0.717, 1.165) is 11.1 Å². The molecule has 126 valence electrons. The highest BCUT2D eigenvalue weighted by molar-refractivity contribution is 6.30. The summed E-state index contributed by atoms with van der Waals surface area (Å²) >= 11 is 5.94. The summed E-state index contributed by atoms with van der Waals surface area (Å²) in [6, 6.07) is 8.66. The first-order valence-corrected chi connectivity index (χ1v) is 8.21. The summed E-state index contributed by atoms with van der Waals surface area (Å²) in [4.78, 5) is 26.1. The lowest BCUT2D eigenvalue weighted by Gasteiger charge is -2.31. The van der Waals surface area contributed by atoms with Crippen molar-refractivity contribution in [3.63, 3.8) is 0 Å². The van der Waals surface area contributed by atoms with Crippen LogP contribution in [0, 0.1) is 0 Å². The molecule has 0 aliphatic carbocycles. The van der Waals surface area contributed by atoms with E-state index < -0.39 is 6.10 Å². The van der Waals surface area contributed by atoms with Gasteiger partial charge in [0.05, 0.1) is 0 Å². The zero-order valence-electron chi connectivity index (χ0n) is 13.7. The maximum atomic E-state index is 12.6. The van der Waals surface area contributed by atoms with Gasteiger partial charge in [0.15, 0.2) is 6.10 Å². The fraction of sp³-hybridized carbons (Fsp3) is 0.333. The number of pyridine rings is 1. The van der Waals surface area contributed by atoms with Crippen LogP contribution < -0.4 is 10.3 Å². The highest BCUT2D eigenvalue weighted by Crippen LogP contribution is 2.21. The Hall–Kier alpha value is -2.27. The van der Waals surface area contributed by atoms with Crippen LogP contribution in [0.2, 0.25) is 5.02 Å². The van der Waals surface area contributed by atoms with E-state index in [1.165, 1.54) is 0 Å². The number of rotatable bonds is 3. The molecule has 2 aromatic rings. The molecule has 1 unspecified atom stereocenters. The summed E-state index contributed by atoms with van der Waals surface area (Å²) in [5.41, 5.74) is 2.00. The van der Waals surface area contributed by atoms with Gasteiger partial charge in [0.2, 0.25) is 0 Å². The minimum atomic E-state index is -0.599. The maximum absolute atomic E-state index is 12.6. The van der Waals surface area contributed by atoms with Gasteiger partial charge in [-0.15, -0.1) is 0 Å². The second-order valence-corrected chi connectivity index (χ2v) is 6.44. The van der Waals surface area contributed by atoms with E-state index in [0.29, 0.717) is 30.3 Å². The number of ether oxygens (including phenoxy) is 1. The van der Waals surface area contributed by atoms with E-state index in [9.17, 15) is 9.59 Å². The van der Waals surface area contributed by atoms with Crippen LogP contribution in [0.4, 0.5) is 0 Å². The molecule has 1 aliphatic rings. The number of amides is 1. The Labute approximate surface area is 145 Å². The highest BCUT2D eigenvalue weighted by Gasteiger charge is 2.26. The predicted molar refractivity (Wildman–Crippen MR) is 92.3 cm³/mol. The van der Waals surface area contributed by atoms with Crippen molar-refractivity contribution in [3.8, 4) is 5.75 Å². The number of hydrogen-bond donors (Lipinski definition) is 0. The zero-order chi connectivity index (χ0) is 17.3. The monoisotopic (exact) mass is 346 g/mol. The van der Waals surface area contributed by atoms with Gasteiger partial charge in [-0.3, -0.25) is 9.59 Å². The summed E-state index contributed by atoms with van der Waals surface area (Å²) in [6.07, 6.45) is 1.89. The molecule has 24 heavy (non-hydrogen) atoms. The Balaban J connectivity index is 1.71. The number of fused-ring (bicyclic) bond motifs is 1. The van der Waals surface area contributed by atoms with Gasteiger partial charge < -0.3 is 14.2 Å². The third-order valence-electron chi connectivity index (χ3n) is 4.19. The topological polar surface area (TPSA) is 51.5 Å². The van der Waals surface area contributed by atoms with Gasteiger partial charge in [0.25, 0.3) is 11.5 Å². The lowest BCUT2D eigenvalue weighted by molar-refractivity contribution is -0.138. The molecule has 1 amide bonds. The molecule has 1 aliphatic heterocycles. The summed E-state index contributed by atoms with van der Waals surface area (Å²) in [5, 5.41) is 0.569. The molecule has 0 N–H and O–H groups in total. The molecular formula is C18H19ClN2O3. The smallest absolute Gasteiger partial charge is 0.263 e. The molecule has 0 radical (unpaired) electrons. The zero-order valence-corrected chi connectivity index (χ0v) is 14.4. The van der Waals surface area contributed by atoms with Crippen molar-refractivity contribution < 1.29 is 9.53 Å². The number of hydrogen-bond acceptors (Lipinski definition) is 3. The first-order chi connectivity index (χ1) is 11.4. The number of halogens is 1. The number of carbonyl (C=O) groups is 1. The maximum Gasteiger partial charge on any atom is 0.263 e. The summed E-state index contributed by atoms with van der Waals surface area (Å²) in [5.74, 6) is 0.498. The van der Waals surface area contributed by atoms with Crippen molar-refractivity contribution in [2.45, 2.75) is 26.0 Å². The standard InChI is InChI=1S/C18H19ClN2O3/c1-12(24-16-5-3-4-15(19)9-16)18(23)21-7-6-13-8-17(22)20(2)10-14(13)11-21/h3-5,8-10,12H,6-7,11H2,1-2H3. The van der Waals surface area contributed by atoms with Gasteiger partial charge >= 0.3 is 0 Å². The molecule has 0 saturated carbocycles. The highest BCUT2D eigenvalue weighted by atomic mass is 35.5. The molecule has 1 aromatic heterocycles. The van der Waals surface area contributed by atoms with Gasteiger partial charge in [-0.2, -0.15) is 0 Å². The van der Waals surface area contributed by atoms with E-state index >= 15 is 0 Å². The van der Waals surface area contributed by atoms with E-state index in [1.54, 1.807) is 60.0 Å². The molecular weight excluding hydrogens is 328 g/mol. The van der Waals surface area contributed by atoms with Crippen molar-refractivity contribution in [1.82, 2.24) is 9.47 Å². The SMILES string of the molecule is CC(Oc1cccc(Cl)c1)C(=O)N1CCc2cc(=O)n(C)cc2C1. The lowest BCUT2D eigenvalue weighted by Crippen LogP contribution is -2.43. The van der Waals surface area contributed by atoms with Crippen molar-refractivity contribution in [2.24, 2.45) is 7.05 Å². The minimum Gasteiger partial charge on any atom is -0.481 e. The Kier molecular flexibility index (Phi) is 4.62. The van der Waals surface area contributed by atoms with Crippen LogP contribution in [0.25, 0.3) is 0 Å². The molecule has 2 heterocycles. The van der Waals surface area contributed by atoms with Gasteiger partial charge in [-0.1, -0.05) is 17.7 Å². The average Bonchev–Trinajstić information content (AvgIpc) is 2.55. The van der Waals surface area contributed by atoms with Crippen LogP contribution in [0.1, 0.15) is 18.1 Å². The first kappa shape index (κ1) is 16.6. The average molecular weight is 347 g/mol. The number of nitrogens with zero attached hydrogens (tertiary/aromatic N) is 2. The van der Waals surface area contributed by atoms with Crippen molar-refractivity contribution in [2.75, 3.05) is 6.54 Å². The van der Waals surface area contributed by atoms with Crippen molar-refractivity contribution >= 4 is 17.5 Å². The van der Waals surface area contributed by atoms with Crippen LogP contribution in [0.15, 0.2) is 41.3 Å². The number of aromatic nitrogens is 1. The minimum absolute atomic E-state index is 0.0221. The molecule has 0 saturated heterocycles. The molecule has 0 bridgehead atoms. The molecule has 3 rings (SSSR count). The molecule has 6 heteroatoms. The molecule has 0 spiro atoms. The van der Waals surface area contributed by atoms with Crippen LogP contribution in [-0.4, -0.2) is 28.0 Å². The fourth-order valence-electron chi connectivity index (χ4n) is 2.88. The first-order valence-electron chi connectivity index (χ1n) is 7.83. The van der Waals surface area contributed by atoms with Gasteiger partial charge in [-0.25, -0.2) is 0 Å². The Morgan fingerprint density at radius 3 is 2.83 bits per heavy atom. The van der Waals surface area contributed by atoms with E-state index in [-0.39, 0.29) is 11.5 Å². The quantitative estimate of drug-likeness (QED) is 0.857.